The fourth-order valence-electron chi connectivity index (χ4n) is 5.67. The number of amides is 2. The zero-order valence-corrected chi connectivity index (χ0v) is 19.5. The van der Waals surface area contributed by atoms with Crippen LogP contribution >= 0.6 is 0 Å². The van der Waals surface area contributed by atoms with E-state index in [9.17, 15) is 19.5 Å². The first-order valence-electron chi connectivity index (χ1n) is 11.9. The van der Waals surface area contributed by atoms with E-state index in [2.05, 4.69) is 29.6 Å². The van der Waals surface area contributed by atoms with Crippen molar-refractivity contribution in [3.63, 3.8) is 0 Å². The molecule has 0 bridgehead atoms. The molecule has 2 N–H and O–H groups in total. The van der Waals surface area contributed by atoms with Gasteiger partial charge in [-0.2, -0.15) is 0 Å². The molecule has 7 heteroatoms. The van der Waals surface area contributed by atoms with Gasteiger partial charge < -0.3 is 20.1 Å². The second-order valence-corrected chi connectivity index (χ2v) is 10.1. The normalized spacial score (nSPS) is 23.1. The number of nitrogens with zero attached hydrogens (tertiary/aromatic N) is 1. The van der Waals surface area contributed by atoms with E-state index >= 15 is 0 Å². The van der Waals surface area contributed by atoms with E-state index in [0.29, 0.717) is 13.0 Å². The molecule has 5 rings (SSSR count). The van der Waals surface area contributed by atoms with Crippen molar-refractivity contribution in [3.05, 3.63) is 59.7 Å². The summed E-state index contributed by atoms with van der Waals surface area (Å²) < 4.78 is 5.59. The first-order chi connectivity index (χ1) is 16.3. The number of carboxylic acid groups (broad SMARTS) is 1. The van der Waals surface area contributed by atoms with Gasteiger partial charge >= 0.3 is 12.1 Å². The summed E-state index contributed by atoms with van der Waals surface area (Å²) in [5, 5.41) is 12.3. The van der Waals surface area contributed by atoms with Crippen LogP contribution in [0.15, 0.2) is 48.5 Å². The number of ether oxygens (including phenoxy) is 1. The summed E-state index contributed by atoms with van der Waals surface area (Å²) in [4.78, 5) is 38.9. The van der Waals surface area contributed by atoms with Gasteiger partial charge in [0.05, 0.1) is 11.3 Å². The van der Waals surface area contributed by atoms with Crippen molar-refractivity contribution < 1.29 is 24.2 Å². The Balaban J connectivity index is 1.18. The molecule has 1 saturated heterocycles. The summed E-state index contributed by atoms with van der Waals surface area (Å²) in [6, 6.07) is 16.3. The Morgan fingerprint density at radius 1 is 1.09 bits per heavy atom. The van der Waals surface area contributed by atoms with Crippen LogP contribution in [0.5, 0.6) is 0 Å². The minimum absolute atomic E-state index is 0.000842. The molecule has 178 valence electrons. The molecule has 7 nitrogen and oxygen atoms in total. The van der Waals surface area contributed by atoms with E-state index in [1.165, 1.54) is 11.1 Å². The zero-order valence-electron chi connectivity index (χ0n) is 19.5. The van der Waals surface area contributed by atoms with Crippen LogP contribution < -0.4 is 5.32 Å². The van der Waals surface area contributed by atoms with Crippen molar-refractivity contribution in [3.8, 4) is 11.1 Å². The standard InChI is InChI=1S/C27H30N2O5/c1-16(2)22(24(30)29-13-17-11-27(17,15-29)25(31)32)12-28-26(33)34-14-23-20-9-5-3-7-18(20)19-8-4-6-10-21(19)23/h3-10,16-17,22-23H,11-15H2,1-2H3,(H,28,33)(H,31,32). The lowest BCUT2D eigenvalue weighted by atomic mass is 9.94. The molecule has 1 heterocycles. The summed E-state index contributed by atoms with van der Waals surface area (Å²) in [5.74, 6) is -1.31. The Hall–Kier alpha value is -3.35. The maximum Gasteiger partial charge on any atom is 0.407 e. The lowest BCUT2D eigenvalue weighted by Crippen LogP contribution is -2.44. The Bertz CT molecular complexity index is 1100. The molecule has 2 aromatic carbocycles. The lowest BCUT2D eigenvalue weighted by molar-refractivity contribution is -0.144. The quantitative estimate of drug-likeness (QED) is 0.654. The number of carbonyl (C=O) groups is 3. The zero-order chi connectivity index (χ0) is 24.0. The number of piperidine rings is 1. The minimum Gasteiger partial charge on any atom is -0.481 e. The molecule has 0 spiro atoms. The largest absolute Gasteiger partial charge is 0.481 e. The van der Waals surface area contributed by atoms with E-state index in [0.717, 1.165) is 11.1 Å². The predicted molar refractivity (Wildman–Crippen MR) is 126 cm³/mol. The molecular formula is C27H30N2O5. The number of fused-ring (bicyclic) bond motifs is 4. The molecule has 2 aromatic rings. The van der Waals surface area contributed by atoms with E-state index in [1.54, 1.807) is 4.90 Å². The summed E-state index contributed by atoms with van der Waals surface area (Å²) in [6.07, 6.45) is 0.0998. The maximum absolute atomic E-state index is 13.1. The van der Waals surface area contributed by atoms with Crippen LogP contribution in [0.3, 0.4) is 0 Å². The fourth-order valence-corrected chi connectivity index (χ4v) is 5.67. The van der Waals surface area contributed by atoms with Crippen LogP contribution in [0, 0.1) is 23.2 Å². The third kappa shape index (κ3) is 3.73. The Morgan fingerprint density at radius 2 is 1.71 bits per heavy atom. The number of aliphatic carboxylic acids is 1. The molecule has 0 radical (unpaired) electrons. The van der Waals surface area contributed by atoms with Crippen molar-refractivity contribution in [2.45, 2.75) is 26.2 Å². The molecule has 2 aliphatic carbocycles. The van der Waals surface area contributed by atoms with Crippen LogP contribution in [0.4, 0.5) is 4.79 Å². The van der Waals surface area contributed by atoms with E-state index in [4.69, 9.17) is 4.74 Å². The molecule has 34 heavy (non-hydrogen) atoms. The van der Waals surface area contributed by atoms with Gasteiger partial charge in [-0.3, -0.25) is 9.59 Å². The second kappa shape index (κ2) is 8.46. The number of carboxylic acids is 1. The molecular weight excluding hydrogens is 432 g/mol. The van der Waals surface area contributed by atoms with Crippen LogP contribution in [0.2, 0.25) is 0 Å². The van der Waals surface area contributed by atoms with Crippen molar-refractivity contribution >= 4 is 18.0 Å². The smallest absolute Gasteiger partial charge is 0.407 e. The Morgan fingerprint density at radius 3 is 2.26 bits per heavy atom. The van der Waals surface area contributed by atoms with Crippen LogP contribution in [-0.4, -0.2) is 54.2 Å². The number of rotatable bonds is 7. The third-order valence-electron chi connectivity index (χ3n) is 7.82. The van der Waals surface area contributed by atoms with Crippen molar-refractivity contribution in [1.29, 1.82) is 0 Å². The van der Waals surface area contributed by atoms with E-state index < -0.39 is 23.4 Å². The van der Waals surface area contributed by atoms with Gasteiger partial charge in [-0.05, 0) is 40.5 Å². The molecule has 3 unspecified atom stereocenters. The van der Waals surface area contributed by atoms with Crippen molar-refractivity contribution in [2.24, 2.45) is 23.2 Å². The van der Waals surface area contributed by atoms with Gasteiger partial charge in [-0.25, -0.2) is 4.79 Å². The first kappa shape index (κ1) is 22.4. The predicted octanol–water partition coefficient (Wildman–Crippen LogP) is 3.73. The highest BCUT2D eigenvalue weighted by Crippen LogP contribution is 2.58. The van der Waals surface area contributed by atoms with Gasteiger partial charge in [0.1, 0.15) is 6.61 Å². The van der Waals surface area contributed by atoms with Crippen molar-refractivity contribution in [2.75, 3.05) is 26.2 Å². The molecule has 3 atom stereocenters. The topological polar surface area (TPSA) is 95.9 Å². The summed E-state index contributed by atoms with van der Waals surface area (Å²) in [7, 11) is 0. The highest BCUT2D eigenvalue weighted by atomic mass is 16.5. The maximum atomic E-state index is 13.1. The van der Waals surface area contributed by atoms with Gasteiger partial charge in [0.15, 0.2) is 0 Å². The number of carbonyl (C=O) groups excluding carboxylic acids is 2. The van der Waals surface area contributed by atoms with Gasteiger partial charge in [0, 0.05) is 25.6 Å². The van der Waals surface area contributed by atoms with Crippen LogP contribution in [0.25, 0.3) is 11.1 Å². The third-order valence-corrected chi connectivity index (χ3v) is 7.82. The first-order valence-corrected chi connectivity index (χ1v) is 11.9. The van der Waals surface area contributed by atoms with Gasteiger partial charge in [0.25, 0.3) is 0 Å². The summed E-state index contributed by atoms with van der Waals surface area (Å²) in [5.41, 5.74) is 3.87. The van der Waals surface area contributed by atoms with E-state index in [-0.39, 0.29) is 43.4 Å². The number of hydrogen-bond donors (Lipinski definition) is 2. The number of benzene rings is 2. The number of alkyl carbamates (subject to hydrolysis) is 1. The monoisotopic (exact) mass is 462 g/mol. The molecule has 1 aliphatic heterocycles. The van der Waals surface area contributed by atoms with Crippen LogP contribution in [0.1, 0.15) is 37.3 Å². The van der Waals surface area contributed by atoms with Crippen molar-refractivity contribution in [1.82, 2.24) is 10.2 Å². The SMILES string of the molecule is CC(C)C(CNC(=O)OCC1c2ccccc2-c2ccccc21)C(=O)N1CC2CC2(C(=O)O)C1. The number of hydrogen-bond acceptors (Lipinski definition) is 4. The molecule has 2 amide bonds. The second-order valence-electron chi connectivity index (χ2n) is 10.1. The average Bonchev–Trinajstić information content (AvgIpc) is 3.25. The highest BCUT2D eigenvalue weighted by Gasteiger charge is 2.66. The molecule has 3 aliphatic rings. The summed E-state index contributed by atoms with van der Waals surface area (Å²) in [6.45, 7) is 5.00. The summed E-state index contributed by atoms with van der Waals surface area (Å²) >= 11 is 0. The molecule has 0 aromatic heterocycles. The Labute approximate surface area is 199 Å². The van der Waals surface area contributed by atoms with E-state index in [1.807, 2.05) is 38.1 Å². The van der Waals surface area contributed by atoms with Gasteiger partial charge in [0.2, 0.25) is 5.91 Å². The minimum atomic E-state index is -0.814. The number of nitrogens with one attached hydrogen (secondary N) is 1. The van der Waals surface area contributed by atoms with Gasteiger partial charge in [-0.1, -0.05) is 62.4 Å². The highest BCUT2D eigenvalue weighted by molar-refractivity contribution is 5.85. The lowest BCUT2D eigenvalue weighted by Gasteiger charge is -2.28. The average molecular weight is 463 g/mol. The number of likely N-dealkylation sites (tertiary alicyclic amines) is 1. The van der Waals surface area contributed by atoms with Crippen LogP contribution in [-0.2, 0) is 14.3 Å². The fraction of sp³-hybridized carbons (Fsp3) is 0.444. The molecule has 2 fully saturated rings. The van der Waals surface area contributed by atoms with Gasteiger partial charge in [-0.15, -0.1) is 0 Å². The Kier molecular flexibility index (Phi) is 5.58. The molecule has 1 saturated carbocycles.